The lowest BCUT2D eigenvalue weighted by Crippen LogP contribution is -2.37. The maximum absolute atomic E-state index is 12.2. The Labute approximate surface area is 114 Å². The van der Waals surface area contributed by atoms with Gasteiger partial charge in [-0.1, -0.05) is 37.5 Å². The Balaban J connectivity index is 2.01. The van der Waals surface area contributed by atoms with Crippen LogP contribution in [0.5, 0.6) is 0 Å². The first-order chi connectivity index (χ1) is 8.70. The fourth-order valence-corrected chi connectivity index (χ4v) is 2.95. The largest absolute Gasteiger partial charge is 0.268 e. The van der Waals surface area contributed by atoms with Crippen LogP contribution in [0.4, 0.5) is 0 Å². The number of nitrogens with zero attached hydrogens (tertiary/aromatic N) is 1. The fourth-order valence-electron chi connectivity index (χ4n) is 2.69. The van der Waals surface area contributed by atoms with Crippen LogP contribution in [0.25, 0.3) is 0 Å². The van der Waals surface area contributed by atoms with Crippen LogP contribution in [0.3, 0.4) is 0 Å². The summed E-state index contributed by atoms with van der Waals surface area (Å²) in [6.07, 6.45) is 6.22. The zero-order chi connectivity index (χ0) is 13.0. The predicted octanol–water partition coefficient (Wildman–Crippen LogP) is 4.25. The molecule has 0 spiro atoms. The summed E-state index contributed by atoms with van der Waals surface area (Å²) in [5.41, 5.74) is 0.662. The van der Waals surface area contributed by atoms with Crippen molar-refractivity contribution in [3.05, 3.63) is 35.9 Å². The lowest BCUT2D eigenvalue weighted by molar-refractivity contribution is 0.0781. The minimum atomic E-state index is -0.0876. The van der Waals surface area contributed by atoms with Gasteiger partial charge in [-0.2, -0.15) is 0 Å². The summed E-state index contributed by atoms with van der Waals surface area (Å²) < 4.78 is 1.39. The number of amides is 1. The van der Waals surface area contributed by atoms with Crippen molar-refractivity contribution in [3.8, 4) is 0 Å². The third-order valence-electron chi connectivity index (χ3n) is 3.90. The molecule has 1 aliphatic carbocycles. The number of benzene rings is 1. The molecule has 1 aromatic rings. The first kappa shape index (κ1) is 13.4. The molecule has 2 nitrogen and oxygen atoms in total. The average molecular weight is 266 g/mol. The van der Waals surface area contributed by atoms with Crippen molar-refractivity contribution in [2.75, 3.05) is 0 Å². The van der Waals surface area contributed by atoms with Crippen LogP contribution >= 0.6 is 11.8 Å². The van der Waals surface area contributed by atoms with E-state index in [9.17, 15) is 4.79 Å². The third-order valence-corrected chi connectivity index (χ3v) is 4.37. The first-order valence-electron chi connectivity index (χ1n) is 6.74. The van der Waals surface area contributed by atoms with E-state index in [4.69, 9.17) is 11.8 Å². The zero-order valence-corrected chi connectivity index (χ0v) is 11.6. The van der Waals surface area contributed by atoms with Crippen molar-refractivity contribution >= 4 is 17.7 Å². The molecule has 98 valence electrons. The highest BCUT2D eigenvalue weighted by atomic mass is 35.5. The van der Waals surface area contributed by atoms with Crippen molar-refractivity contribution in [2.45, 2.75) is 45.1 Å². The monoisotopic (exact) mass is 265 g/mol. The highest BCUT2D eigenvalue weighted by molar-refractivity contribution is 6.24. The van der Waals surface area contributed by atoms with Gasteiger partial charge < -0.3 is 0 Å². The number of halogens is 1. The minimum absolute atomic E-state index is 0.0876. The maximum Gasteiger partial charge on any atom is 0.268 e. The smallest absolute Gasteiger partial charge is 0.268 e. The molecule has 0 N–H and O–H groups in total. The molecule has 1 fully saturated rings. The quantitative estimate of drug-likeness (QED) is 0.748. The molecule has 0 radical (unpaired) electrons. The van der Waals surface area contributed by atoms with Crippen molar-refractivity contribution in [1.82, 2.24) is 4.42 Å². The summed E-state index contributed by atoms with van der Waals surface area (Å²) in [6, 6.07) is 9.36. The molecule has 1 amide bonds. The number of hydrogen-bond donors (Lipinski definition) is 0. The summed E-state index contributed by atoms with van der Waals surface area (Å²) in [5, 5.41) is 0. The van der Waals surface area contributed by atoms with Gasteiger partial charge in [0.05, 0.1) is 0 Å². The van der Waals surface area contributed by atoms with E-state index >= 15 is 0 Å². The van der Waals surface area contributed by atoms with Gasteiger partial charge in [0, 0.05) is 23.4 Å². The van der Waals surface area contributed by atoms with Gasteiger partial charge in [0.2, 0.25) is 0 Å². The summed E-state index contributed by atoms with van der Waals surface area (Å²) in [6.45, 7) is 2.06. The molecule has 1 aliphatic rings. The Bertz CT molecular complexity index is 387. The molecule has 2 rings (SSSR count). The fraction of sp³-hybridized carbons (Fsp3) is 0.533. The van der Waals surface area contributed by atoms with Gasteiger partial charge in [-0.3, -0.25) is 4.79 Å². The number of rotatable bonds is 3. The summed E-state index contributed by atoms with van der Waals surface area (Å²) in [4.78, 5) is 12.2. The topological polar surface area (TPSA) is 20.3 Å². The van der Waals surface area contributed by atoms with Gasteiger partial charge in [0.1, 0.15) is 0 Å². The lowest BCUT2D eigenvalue weighted by Gasteiger charge is -2.32. The van der Waals surface area contributed by atoms with Gasteiger partial charge in [0.15, 0.2) is 0 Å². The Morgan fingerprint density at radius 2 is 1.83 bits per heavy atom. The van der Waals surface area contributed by atoms with Crippen molar-refractivity contribution in [2.24, 2.45) is 5.92 Å². The van der Waals surface area contributed by atoms with Crippen LogP contribution in [0.2, 0.25) is 0 Å². The van der Waals surface area contributed by atoms with Crippen LogP contribution in [-0.4, -0.2) is 16.4 Å². The number of carbonyl (C=O) groups excluding carboxylic acids is 1. The number of hydrogen-bond acceptors (Lipinski definition) is 1. The Hall–Kier alpha value is -1.02. The molecule has 1 unspecified atom stereocenters. The molecule has 0 heterocycles. The van der Waals surface area contributed by atoms with E-state index in [0.717, 1.165) is 0 Å². The molecule has 0 saturated heterocycles. The van der Waals surface area contributed by atoms with E-state index in [2.05, 4.69) is 6.92 Å². The molecule has 0 aromatic heterocycles. The van der Waals surface area contributed by atoms with Gasteiger partial charge in [-0.25, -0.2) is 4.42 Å². The second kappa shape index (κ2) is 6.24. The van der Waals surface area contributed by atoms with E-state index in [1.165, 1.54) is 36.5 Å². The third kappa shape index (κ3) is 3.05. The van der Waals surface area contributed by atoms with Gasteiger partial charge in [0.25, 0.3) is 5.91 Å². The Morgan fingerprint density at radius 1 is 1.22 bits per heavy atom. The van der Waals surface area contributed by atoms with Crippen molar-refractivity contribution in [1.29, 1.82) is 0 Å². The van der Waals surface area contributed by atoms with Gasteiger partial charge in [-0.15, -0.1) is 0 Å². The van der Waals surface area contributed by atoms with Gasteiger partial charge >= 0.3 is 0 Å². The number of carbonyl (C=O) groups is 1. The summed E-state index contributed by atoms with van der Waals surface area (Å²) >= 11 is 6.23. The van der Waals surface area contributed by atoms with Crippen LogP contribution in [-0.2, 0) is 0 Å². The summed E-state index contributed by atoms with van der Waals surface area (Å²) in [5.74, 6) is 0.458. The zero-order valence-electron chi connectivity index (χ0n) is 10.8. The van der Waals surface area contributed by atoms with Crippen LogP contribution in [0, 0.1) is 5.92 Å². The van der Waals surface area contributed by atoms with E-state index in [1.807, 2.05) is 30.3 Å². The molecular weight excluding hydrogens is 246 g/mol. The van der Waals surface area contributed by atoms with Crippen LogP contribution < -0.4 is 0 Å². The van der Waals surface area contributed by atoms with Crippen LogP contribution in [0.1, 0.15) is 49.4 Å². The van der Waals surface area contributed by atoms with E-state index < -0.39 is 0 Å². The SMILES string of the molecule is CC(C1CCCCC1)N(Cl)C(=O)c1ccccc1. The molecular formula is C15H20ClNO. The summed E-state index contributed by atoms with van der Waals surface area (Å²) in [7, 11) is 0. The molecule has 18 heavy (non-hydrogen) atoms. The highest BCUT2D eigenvalue weighted by Gasteiger charge is 2.27. The first-order valence-corrected chi connectivity index (χ1v) is 7.08. The Kier molecular flexibility index (Phi) is 4.65. The van der Waals surface area contributed by atoms with Crippen LogP contribution in [0.15, 0.2) is 30.3 Å². The minimum Gasteiger partial charge on any atom is -0.268 e. The molecule has 1 saturated carbocycles. The molecule has 3 heteroatoms. The van der Waals surface area contributed by atoms with E-state index in [1.54, 1.807) is 0 Å². The maximum atomic E-state index is 12.2. The normalized spacial score (nSPS) is 18.3. The highest BCUT2D eigenvalue weighted by Crippen LogP contribution is 2.30. The standard InChI is InChI=1S/C15H20ClNO/c1-12(13-8-4-2-5-9-13)17(16)15(18)14-10-6-3-7-11-14/h3,6-7,10-13H,2,4-5,8-9H2,1H3. The van der Waals surface area contributed by atoms with E-state index in [-0.39, 0.29) is 11.9 Å². The van der Waals surface area contributed by atoms with Crippen molar-refractivity contribution in [3.63, 3.8) is 0 Å². The van der Waals surface area contributed by atoms with Crippen molar-refractivity contribution < 1.29 is 4.79 Å². The van der Waals surface area contributed by atoms with E-state index in [0.29, 0.717) is 11.5 Å². The lowest BCUT2D eigenvalue weighted by atomic mass is 9.84. The average Bonchev–Trinajstić information content (AvgIpc) is 2.47. The predicted molar refractivity (Wildman–Crippen MR) is 74.5 cm³/mol. The molecule has 1 atom stereocenters. The second-order valence-electron chi connectivity index (χ2n) is 5.12. The molecule has 0 aliphatic heterocycles. The van der Waals surface area contributed by atoms with Gasteiger partial charge in [-0.05, 0) is 37.8 Å². The Morgan fingerprint density at radius 3 is 2.44 bits per heavy atom. The molecule has 0 bridgehead atoms. The molecule has 1 aromatic carbocycles. The second-order valence-corrected chi connectivity index (χ2v) is 5.49.